The molecule has 23 heavy (non-hydrogen) atoms. The zero-order valence-electron chi connectivity index (χ0n) is 12.5. The van der Waals surface area contributed by atoms with Gasteiger partial charge in [-0.1, -0.05) is 15.9 Å². The van der Waals surface area contributed by atoms with Gasteiger partial charge in [-0.15, -0.1) is 11.3 Å². The fraction of sp³-hybridized carbons (Fsp3) is 0.188. The molecule has 0 saturated carbocycles. The van der Waals surface area contributed by atoms with Crippen LogP contribution >= 0.6 is 27.3 Å². The molecule has 2 aromatic heterocycles. The SMILES string of the molecule is Cc1cc2c(=O)n(C(C)C(=O)Nc3ccc(Br)cc3)cnc2s1. The first-order chi connectivity index (χ1) is 11.0. The van der Waals surface area contributed by atoms with E-state index >= 15 is 0 Å². The fourth-order valence-electron chi connectivity index (χ4n) is 2.24. The summed E-state index contributed by atoms with van der Waals surface area (Å²) in [5.41, 5.74) is 0.483. The maximum absolute atomic E-state index is 12.5. The first-order valence-corrected chi connectivity index (χ1v) is 8.60. The van der Waals surface area contributed by atoms with Gasteiger partial charge in [-0.3, -0.25) is 14.2 Å². The van der Waals surface area contributed by atoms with Gasteiger partial charge in [0.25, 0.3) is 5.56 Å². The number of carbonyl (C=O) groups is 1. The minimum atomic E-state index is -0.650. The summed E-state index contributed by atoms with van der Waals surface area (Å²) in [6, 6.07) is 8.43. The lowest BCUT2D eigenvalue weighted by atomic mass is 10.2. The first-order valence-electron chi connectivity index (χ1n) is 6.99. The number of amides is 1. The van der Waals surface area contributed by atoms with E-state index < -0.39 is 6.04 Å². The lowest BCUT2D eigenvalue weighted by Gasteiger charge is -2.14. The van der Waals surface area contributed by atoms with Crippen LogP contribution in [0.4, 0.5) is 5.69 Å². The predicted octanol–water partition coefficient (Wildman–Crippen LogP) is 3.73. The van der Waals surface area contributed by atoms with Crippen molar-refractivity contribution in [3.63, 3.8) is 0 Å². The number of halogens is 1. The summed E-state index contributed by atoms with van der Waals surface area (Å²) in [6.45, 7) is 3.61. The van der Waals surface area contributed by atoms with Crippen LogP contribution in [0.15, 0.2) is 45.9 Å². The molecule has 0 aliphatic carbocycles. The number of nitrogens with one attached hydrogen (secondary N) is 1. The standard InChI is InChI=1S/C16H14BrN3O2S/c1-9-7-13-15(23-9)18-8-20(16(13)22)10(2)14(21)19-12-5-3-11(17)4-6-12/h3-8,10H,1-2H3,(H,19,21). The smallest absolute Gasteiger partial charge is 0.262 e. The van der Waals surface area contributed by atoms with E-state index in [2.05, 4.69) is 26.2 Å². The Morgan fingerprint density at radius 2 is 2.04 bits per heavy atom. The molecule has 0 saturated heterocycles. The molecule has 0 fully saturated rings. The number of fused-ring (bicyclic) bond motifs is 1. The Balaban J connectivity index is 1.88. The van der Waals surface area contributed by atoms with Crippen molar-refractivity contribution in [1.29, 1.82) is 0 Å². The van der Waals surface area contributed by atoms with Gasteiger partial charge in [0, 0.05) is 15.0 Å². The van der Waals surface area contributed by atoms with Crippen molar-refractivity contribution in [3.05, 3.63) is 56.4 Å². The molecule has 0 aliphatic rings. The second-order valence-corrected chi connectivity index (χ2v) is 7.36. The second-order valence-electron chi connectivity index (χ2n) is 5.20. The van der Waals surface area contributed by atoms with Crippen LogP contribution in [0.5, 0.6) is 0 Å². The van der Waals surface area contributed by atoms with Gasteiger partial charge in [0.1, 0.15) is 10.9 Å². The van der Waals surface area contributed by atoms with E-state index in [-0.39, 0.29) is 11.5 Å². The highest BCUT2D eigenvalue weighted by Crippen LogP contribution is 2.20. The number of hydrogen-bond acceptors (Lipinski definition) is 4. The number of aromatic nitrogens is 2. The Labute approximate surface area is 145 Å². The number of benzene rings is 1. The minimum absolute atomic E-state index is 0.196. The molecule has 2 heterocycles. The van der Waals surface area contributed by atoms with Crippen molar-refractivity contribution in [2.75, 3.05) is 5.32 Å². The van der Waals surface area contributed by atoms with Gasteiger partial charge < -0.3 is 5.32 Å². The molecule has 118 valence electrons. The molecule has 1 amide bonds. The van der Waals surface area contributed by atoms with Gasteiger partial charge in [-0.2, -0.15) is 0 Å². The third-order valence-corrected chi connectivity index (χ3v) is 5.00. The maximum Gasteiger partial charge on any atom is 0.262 e. The molecule has 3 aromatic rings. The van der Waals surface area contributed by atoms with Crippen molar-refractivity contribution in [2.45, 2.75) is 19.9 Å². The molecule has 0 radical (unpaired) electrons. The molecule has 0 bridgehead atoms. The number of hydrogen-bond donors (Lipinski definition) is 1. The van der Waals surface area contributed by atoms with Crippen molar-refractivity contribution < 1.29 is 4.79 Å². The molecule has 0 spiro atoms. The molecule has 1 N–H and O–H groups in total. The van der Waals surface area contributed by atoms with Gasteiger partial charge in [0.2, 0.25) is 5.91 Å². The Hall–Kier alpha value is -1.99. The van der Waals surface area contributed by atoms with E-state index in [1.165, 1.54) is 22.2 Å². The summed E-state index contributed by atoms with van der Waals surface area (Å²) in [6.07, 6.45) is 1.44. The predicted molar refractivity (Wildman–Crippen MR) is 96.1 cm³/mol. The molecule has 5 nitrogen and oxygen atoms in total. The molecular weight excluding hydrogens is 378 g/mol. The number of rotatable bonds is 3. The van der Waals surface area contributed by atoms with Crippen LogP contribution in [0.2, 0.25) is 0 Å². The zero-order chi connectivity index (χ0) is 16.6. The van der Waals surface area contributed by atoms with Gasteiger partial charge in [-0.25, -0.2) is 4.98 Å². The summed E-state index contributed by atoms with van der Waals surface area (Å²) in [7, 11) is 0. The third-order valence-electron chi connectivity index (χ3n) is 3.51. The molecule has 1 atom stereocenters. The van der Waals surface area contributed by atoms with Crippen LogP contribution in [0.1, 0.15) is 17.8 Å². The quantitative estimate of drug-likeness (QED) is 0.739. The number of carbonyl (C=O) groups excluding carboxylic acids is 1. The average molecular weight is 392 g/mol. The van der Waals surface area contributed by atoms with Crippen LogP contribution in [0, 0.1) is 6.92 Å². The van der Waals surface area contributed by atoms with Gasteiger partial charge in [-0.05, 0) is 44.2 Å². The number of aryl methyl sites for hydroxylation is 1. The lowest BCUT2D eigenvalue weighted by molar-refractivity contribution is -0.118. The van der Waals surface area contributed by atoms with E-state index in [0.29, 0.717) is 15.9 Å². The fourth-order valence-corrected chi connectivity index (χ4v) is 3.34. The van der Waals surface area contributed by atoms with Crippen LogP contribution < -0.4 is 10.9 Å². The van der Waals surface area contributed by atoms with E-state index in [9.17, 15) is 9.59 Å². The van der Waals surface area contributed by atoms with E-state index in [4.69, 9.17) is 0 Å². The normalized spacial score (nSPS) is 12.3. The van der Waals surface area contributed by atoms with E-state index in [1.54, 1.807) is 19.1 Å². The largest absolute Gasteiger partial charge is 0.324 e. The lowest BCUT2D eigenvalue weighted by Crippen LogP contribution is -2.31. The molecule has 1 unspecified atom stereocenters. The van der Waals surface area contributed by atoms with E-state index in [1.807, 2.05) is 25.1 Å². The highest BCUT2D eigenvalue weighted by molar-refractivity contribution is 9.10. The Morgan fingerprint density at radius 1 is 1.35 bits per heavy atom. The average Bonchev–Trinajstić information content (AvgIpc) is 2.91. The second kappa shape index (κ2) is 6.25. The molecule has 0 aliphatic heterocycles. The Kier molecular flexibility index (Phi) is 4.32. The van der Waals surface area contributed by atoms with E-state index in [0.717, 1.165) is 9.35 Å². The minimum Gasteiger partial charge on any atom is -0.324 e. The first kappa shape index (κ1) is 15.9. The summed E-state index contributed by atoms with van der Waals surface area (Å²) < 4.78 is 2.30. The van der Waals surface area contributed by atoms with Crippen LogP contribution in [0.3, 0.4) is 0 Å². The van der Waals surface area contributed by atoms with Crippen molar-refractivity contribution in [2.24, 2.45) is 0 Å². The van der Waals surface area contributed by atoms with Gasteiger partial charge >= 0.3 is 0 Å². The molecule has 3 rings (SSSR count). The van der Waals surface area contributed by atoms with Crippen molar-refractivity contribution in [3.8, 4) is 0 Å². The number of anilines is 1. The topological polar surface area (TPSA) is 64.0 Å². The zero-order valence-corrected chi connectivity index (χ0v) is 14.9. The van der Waals surface area contributed by atoms with Crippen molar-refractivity contribution in [1.82, 2.24) is 9.55 Å². The van der Waals surface area contributed by atoms with Crippen LogP contribution in [-0.2, 0) is 4.79 Å². The van der Waals surface area contributed by atoms with Crippen LogP contribution in [0.25, 0.3) is 10.2 Å². The van der Waals surface area contributed by atoms with Crippen molar-refractivity contribution >= 4 is 49.1 Å². The molecular formula is C16H14BrN3O2S. The highest BCUT2D eigenvalue weighted by atomic mass is 79.9. The summed E-state index contributed by atoms with van der Waals surface area (Å²) >= 11 is 4.82. The summed E-state index contributed by atoms with van der Waals surface area (Å²) in [5, 5.41) is 3.36. The number of nitrogens with zero attached hydrogens (tertiary/aromatic N) is 2. The maximum atomic E-state index is 12.5. The highest BCUT2D eigenvalue weighted by Gasteiger charge is 2.18. The molecule has 1 aromatic carbocycles. The summed E-state index contributed by atoms with van der Waals surface area (Å²) in [5.74, 6) is -0.262. The molecule has 7 heteroatoms. The number of thiophene rings is 1. The van der Waals surface area contributed by atoms with Gasteiger partial charge in [0.15, 0.2) is 0 Å². The van der Waals surface area contributed by atoms with Gasteiger partial charge in [0.05, 0.1) is 11.7 Å². The summed E-state index contributed by atoms with van der Waals surface area (Å²) in [4.78, 5) is 30.9. The van der Waals surface area contributed by atoms with Crippen LogP contribution in [-0.4, -0.2) is 15.5 Å². The Morgan fingerprint density at radius 3 is 2.74 bits per heavy atom. The third kappa shape index (κ3) is 3.20. The Bertz CT molecular complexity index is 931. The monoisotopic (exact) mass is 391 g/mol.